The number of carbonyl (C=O) groups excluding carboxylic acids is 2. The van der Waals surface area contributed by atoms with Crippen LogP contribution in [0.4, 0.5) is 5.69 Å². The number of aryl methyl sites for hydroxylation is 2. The largest absolute Gasteiger partial charge is 0.354 e. The van der Waals surface area contributed by atoms with Crippen LogP contribution in [0.25, 0.3) is 0 Å². The molecule has 1 N–H and O–H groups in total. The lowest BCUT2D eigenvalue weighted by molar-refractivity contribution is -0.140. The molecule has 0 saturated carbocycles. The number of hydrogen-bond donors (Lipinski definition) is 1. The minimum atomic E-state index is -4.12. The molecule has 0 aromatic heterocycles. The molecule has 3 aromatic carbocycles. The summed E-state index contributed by atoms with van der Waals surface area (Å²) in [5.74, 6) is -0.525. The van der Waals surface area contributed by atoms with Crippen molar-refractivity contribution in [3.63, 3.8) is 0 Å². The third-order valence-electron chi connectivity index (χ3n) is 7.07. The first-order valence-corrected chi connectivity index (χ1v) is 15.6. The minimum absolute atomic E-state index is 0.0859. The average Bonchev–Trinajstić information content (AvgIpc) is 2.93. The van der Waals surface area contributed by atoms with Gasteiger partial charge in [-0.15, -0.1) is 0 Å². The molecule has 1 unspecified atom stereocenters. The Morgan fingerprint density at radius 3 is 2.15 bits per heavy atom. The number of rotatable bonds is 12. The highest BCUT2D eigenvalue weighted by Crippen LogP contribution is 2.29. The number of anilines is 1. The van der Waals surface area contributed by atoms with Crippen molar-refractivity contribution in [2.24, 2.45) is 5.92 Å². The van der Waals surface area contributed by atoms with E-state index in [0.29, 0.717) is 23.7 Å². The SMILES string of the molecule is CCC(C(=O)NCC(C)C)N(Cc1ccc(Cl)cc1)C(=O)CN(c1cccc(C)c1C)S(=O)(=O)c1ccc(C)cc1. The van der Waals surface area contributed by atoms with Gasteiger partial charge in [-0.1, -0.05) is 74.3 Å². The normalized spacial score (nSPS) is 12.2. The molecule has 9 heteroatoms. The maximum atomic E-state index is 14.2. The van der Waals surface area contributed by atoms with Crippen molar-refractivity contribution in [2.45, 2.75) is 65.4 Å². The van der Waals surface area contributed by atoms with Crippen LogP contribution in [-0.2, 0) is 26.2 Å². The van der Waals surface area contributed by atoms with Gasteiger partial charge in [-0.25, -0.2) is 8.42 Å². The Labute approximate surface area is 249 Å². The van der Waals surface area contributed by atoms with Crippen LogP contribution in [0.15, 0.2) is 71.6 Å². The Morgan fingerprint density at radius 1 is 0.927 bits per heavy atom. The Balaban J connectivity index is 2.08. The minimum Gasteiger partial charge on any atom is -0.354 e. The fourth-order valence-electron chi connectivity index (χ4n) is 4.49. The van der Waals surface area contributed by atoms with Gasteiger partial charge in [0, 0.05) is 18.1 Å². The summed E-state index contributed by atoms with van der Waals surface area (Å²) in [5, 5.41) is 3.49. The van der Waals surface area contributed by atoms with Gasteiger partial charge in [-0.3, -0.25) is 13.9 Å². The molecular formula is C32H40ClN3O4S. The van der Waals surface area contributed by atoms with E-state index in [4.69, 9.17) is 11.6 Å². The van der Waals surface area contributed by atoms with Crippen molar-refractivity contribution >= 4 is 39.1 Å². The van der Waals surface area contributed by atoms with Crippen molar-refractivity contribution in [1.29, 1.82) is 0 Å². The highest BCUT2D eigenvalue weighted by molar-refractivity contribution is 7.92. The standard InChI is InChI=1S/C32H40ClN3O4S/c1-7-29(32(38)34-19-22(2)3)35(20-26-13-15-27(33)16-14-26)31(37)21-36(30-10-8-9-24(5)25(30)6)41(39,40)28-17-11-23(4)12-18-28/h8-18,22,29H,7,19-21H2,1-6H3,(H,34,38). The summed E-state index contributed by atoms with van der Waals surface area (Å²) in [7, 11) is -4.12. The lowest BCUT2D eigenvalue weighted by atomic mass is 10.1. The molecular weight excluding hydrogens is 558 g/mol. The second-order valence-corrected chi connectivity index (χ2v) is 13.1. The number of carbonyl (C=O) groups is 2. The first-order chi connectivity index (χ1) is 19.3. The molecule has 0 aliphatic rings. The van der Waals surface area contributed by atoms with Crippen LogP contribution in [0.2, 0.25) is 5.02 Å². The average molecular weight is 598 g/mol. The van der Waals surface area contributed by atoms with E-state index in [2.05, 4.69) is 5.32 Å². The number of hydrogen-bond acceptors (Lipinski definition) is 4. The summed E-state index contributed by atoms with van der Waals surface area (Å²) in [6.45, 7) is 11.6. The number of nitrogens with one attached hydrogen (secondary N) is 1. The fourth-order valence-corrected chi connectivity index (χ4v) is 6.08. The summed E-state index contributed by atoms with van der Waals surface area (Å²) in [6.07, 6.45) is 0.359. The van der Waals surface area contributed by atoms with E-state index in [9.17, 15) is 18.0 Å². The lowest BCUT2D eigenvalue weighted by Gasteiger charge is -2.34. The van der Waals surface area contributed by atoms with Crippen LogP contribution in [0, 0.1) is 26.7 Å². The van der Waals surface area contributed by atoms with E-state index >= 15 is 0 Å². The highest BCUT2D eigenvalue weighted by atomic mass is 35.5. The predicted octanol–water partition coefficient (Wildman–Crippen LogP) is 6.04. The molecule has 7 nitrogen and oxygen atoms in total. The Hall–Kier alpha value is -3.36. The van der Waals surface area contributed by atoms with E-state index in [1.165, 1.54) is 4.90 Å². The molecule has 220 valence electrons. The van der Waals surface area contributed by atoms with Gasteiger partial charge in [0.15, 0.2) is 0 Å². The summed E-state index contributed by atoms with van der Waals surface area (Å²) in [4.78, 5) is 29.1. The molecule has 0 bridgehead atoms. The highest BCUT2D eigenvalue weighted by Gasteiger charge is 2.34. The van der Waals surface area contributed by atoms with Gasteiger partial charge in [0.05, 0.1) is 10.6 Å². The van der Waals surface area contributed by atoms with Gasteiger partial charge in [0.1, 0.15) is 12.6 Å². The monoisotopic (exact) mass is 597 g/mol. The molecule has 0 radical (unpaired) electrons. The molecule has 3 aromatic rings. The number of benzene rings is 3. The summed E-state index contributed by atoms with van der Waals surface area (Å²) >= 11 is 6.09. The van der Waals surface area contributed by atoms with Gasteiger partial charge in [-0.2, -0.15) is 0 Å². The molecule has 0 saturated heterocycles. The molecule has 0 heterocycles. The van der Waals surface area contributed by atoms with Crippen LogP contribution in [0.3, 0.4) is 0 Å². The molecule has 1 atom stereocenters. The van der Waals surface area contributed by atoms with Gasteiger partial charge in [-0.05, 0) is 80.1 Å². The molecule has 41 heavy (non-hydrogen) atoms. The van der Waals surface area contributed by atoms with Crippen molar-refractivity contribution in [1.82, 2.24) is 10.2 Å². The number of sulfonamides is 1. The van der Waals surface area contributed by atoms with Crippen molar-refractivity contribution in [3.8, 4) is 0 Å². The van der Waals surface area contributed by atoms with E-state index in [-0.39, 0.29) is 23.3 Å². The van der Waals surface area contributed by atoms with E-state index < -0.39 is 28.5 Å². The van der Waals surface area contributed by atoms with Crippen LogP contribution in [0.1, 0.15) is 49.4 Å². The molecule has 0 aliphatic heterocycles. The van der Waals surface area contributed by atoms with Crippen molar-refractivity contribution < 1.29 is 18.0 Å². The van der Waals surface area contributed by atoms with E-state index in [1.807, 2.05) is 47.6 Å². The van der Waals surface area contributed by atoms with Crippen LogP contribution >= 0.6 is 11.6 Å². The third-order valence-corrected chi connectivity index (χ3v) is 9.10. The Morgan fingerprint density at radius 2 is 1.56 bits per heavy atom. The van der Waals surface area contributed by atoms with E-state index in [0.717, 1.165) is 26.6 Å². The first kappa shape index (κ1) is 32.2. The summed E-state index contributed by atoms with van der Waals surface area (Å²) in [6, 6.07) is 18.2. The topological polar surface area (TPSA) is 86.8 Å². The zero-order valence-electron chi connectivity index (χ0n) is 24.6. The first-order valence-electron chi connectivity index (χ1n) is 13.8. The Bertz CT molecular complexity index is 1460. The molecule has 2 amide bonds. The van der Waals surface area contributed by atoms with Gasteiger partial charge in [0.2, 0.25) is 11.8 Å². The summed E-state index contributed by atoms with van der Waals surface area (Å²) < 4.78 is 29.3. The zero-order valence-corrected chi connectivity index (χ0v) is 26.2. The molecule has 3 rings (SSSR count). The maximum absolute atomic E-state index is 14.2. The predicted molar refractivity (Wildman–Crippen MR) is 166 cm³/mol. The summed E-state index contributed by atoms with van der Waals surface area (Å²) in [5.41, 5.74) is 3.77. The van der Waals surface area contributed by atoms with E-state index in [1.54, 1.807) is 60.7 Å². The number of amides is 2. The van der Waals surface area contributed by atoms with Crippen molar-refractivity contribution in [2.75, 3.05) is 17.4 Å². The zero-order chi connectivity index (χ0) is 30.3. The van der Waals surface area contributed by atoms with Crippen LogP contribution in [0.5, 0.6) is 0 Å². The van der Waals surface area contributed by atoms with Crippen LogP contribution in [-0.4, -0.2) is 44.3 Å². The quantitative estimate of drug-likeness (QED) is 0.276. The van der Waals surface area contributed by atoms with Gasteiger partial charge in [0.25, 0.3) is 10.0 Å². The van der Waals surface area contributed by atoms with Gasteiger partial charge >= 0.3 is 0 Å². The second-order valence-electron chi connectivity index (χ2n) is 10.8. The number of halogens is 1. The van der Waals surface area contributed by atoms with Crippen molar-refractivity contribution in [3.05, 3.63) is 94.0 Å². The maximum Gasteiger partial charge on any atom is 0.264 e. The Kier molecular flexibility index (Phi) is 11.0. The fraction of sp³-hybridized carbons (Fsp3) is 0.375. The molecule has 0 fully saturated rings. The second kappa shape index (κ2) is 14.0. The molecule has 0 spiro atoms. The van der Waals surface area contributed by atoms with Crippen LogP contribution < -0.4 is 9.62 Å². The smallest absolute Gasteiger partial charge is 0.264 e. The number of nitrogens with zero attached hydrogens (tertiary/aromatic N) is 2. The van der Waals surface area contributed by atoms with Gasteiger partial charge < -0.3 is 10.2 Å². The third kappa shape index (κ3) is 8.11. The molecule has 0 aliphatic carbocycles. The lowest BCUT2D eigenvalue weighted by Crippen LogP contribution is -2.52.